The Kier molecular flexibility index (Phi) is 7.65. The van der Waals surface area contributed by atoms with E-state index in [0.717, 1.165) is 12.1 Å². The molecule has 0 radical (unpaired) electrons. The van der Waals surface area contributed by atoms with Gasteiger partial charge in [0.05, 0.1) is 4.90 Å². The standard InChI is InChI=1S/C13H21FN2O2S.ClH/c1-10(2)13(15)8-9-16(3)19(17,18)12-6-4-11(14)5-7-12;/h4-7,10,13H,8-9,15H2,1-3H3;1H. The molecule has 2 N–H and O–H groups in total. The maximum Gasteiger partial charge on any atom is 0.242 e. The number of benzene rings is 1. The summed E-state index contributed by atoms with van der Waals surface area (Å²) in [5, 5.41) is 0. The molecule has 0 aliphatic rings. The summed E-state index contributed by atoms with van der Waals surface area (Å²) in [5.74, 6) is -0.148. The van der Waals surface area contributed by atoms with Crippen LogP contribution in [0.4, 0.5) is 4.39 Å². The first kappa shape index (κ1) is 19.3. The maximum atomic E-state index is 12.8. The van der Waals surface area contributed by atoms with Crippen LogP contribution >= 0.6 is 12.4 Å². The Labute approximate surface area is 126 Å². The van der Waals surface area contributed by atoms with Crippen molar-refractivity contribution in [3.63, 3.8) is 0 Å². The summed E-state index contributed by atoms with van der Waals surface area (Å²) in [6.45, 7) is 4.34. The number of hydrogen-bond donors (Lipinski definition) is 1. The molecular formula is C13H22ClFN2O2S. The molecular weight excluding hydrogens is 303 g/mol. The fourth-order valence-corrected chi connectivity index (χ4v) is 2.76. The third-order valence-electron chi connectivity index (χ3n) is 3.16. The van der Waals surface area contributed by atoms with Crippen molar-refractivity contribution in [2.45, 2.75) is 31.2 Å². The first-order valence-corrected chi connectivity index (χ1v) is 7.66. The molecule has 0 heterocycles. The summed E-state index contributed by atoms with van der Waals surface area (Å²) in [7, 11) is -2.06. The highest BCUT2D eigenvalue weighted by Gasteiger charge is 2.21. The molecule has 1 aromatic carbocycles. The monoisotopic (exact) mass is 324 g/mol. The molecule has 0 spiro atoms. The van der Waals surface area contributed by atoms with E-state index in [-0.39, 0.29) is 23.3 Å². The lowest BCUT2D eigenvalue weighted by molar-refractivity contribution is 0.397. The second-order valence-electron chi connectivity index (χ2n) is 4.98. The van der Waals surface area contributed by atoms with Crippen LogP contribution in [0.5, 0.6) is 0 Å². The Morgan fingerprint density at radius 3 is 2.20 bits per heavy atom. The van der Waals surface area contributed by atoms with Crippen LogP contribution in [0.2, 0.25) is 0 Å². The molecule has 0 fully saturated rings. The third-order valence-corrected chi connectivity index (χ3v) is 5.03. The average molecular weight is 325 g/mol. The average Bonchev–Trinajstić information content (AvgIpc) is 2.35. The lowest BCUT2D eigenvalue weighted by Gasteiger charge is -2.21. The Balaban J connectivity index is 0.00000361. The fourth-order valence-electron chi connectivity index (χ4n) is 1.57. The van der Waals surface area contributed by atoms with Gasteiger partial charge in [0.15, 0.2) is 0 Å². The summed E-state index contributed by atoms with van der Waals surface area (Å²) in [5.41, 5.74) is 5.90. The van der Waals surface area contributed by atoms with Crippen molar-refractivity contribution in [3.8, 4) is 0 Å². The van der Waals surface area contributed by atoms with Gasteiger partial charge in [0, 0.05) is 19.6 Å². The summed E-state index contributed by atoms with van der Waals surface area (Å²) in [4.78, 5) is 0.0921. The second kappa shape index (κ2) is 7.93. The van der Waals surface area contributed by atoms with E-state index in [1.807, 2.05) is 13.8 Å². The van der Waals surface area contributed by atoms with E-state index in [4.69, 9.17) is 5.73 Å². The maximum absolute atomic E-state index is 12.8. The second-order valence-corrected chi connectivity index (χ2v) is 7.02. The van der Waals surface area contributed by atoms with Gasteiger partial charge in [-0.2, -0.15) is 0 Å². The number of nitrogens with two attached hydrogens (primary N) is 1. The van der Waals surface area contributed by atoms with Crippen LogP contribution in [0.15, 0.2) is 29.2 Å². The Hall–Kier alpha value is -0.690. The predicted octanol–water partition coefficient (Wildman–Crippen LogP) is 2.24. The van der Waals surface area contributed by atoms with Crippen LogP contribution in [-0.4, -0.2) is 32.4 Å². The lowest BCUT2D eigenvalue weighted by Crippen LogP contribution is -2.34. The van der Waals surface area contributed by atoms with Crippen molar-refractivity contribution in [3.05, 3.63) is 30.1 Å². The van der Waals surface area contributed by atoms with E-state index in [2.05, 4.69) is 0 Å². The van der Waals surface area contributed by atoms with Crippen molar-refractivity contribution in [1.82, 2.24) is 4.31 Å². The van der Waals surface area contributed by atoms with Gasteiger partial charge in [-0.25, -0.2) is 17.1 Å². The van der Waals surface area contributed by atoms with Crippen molar-refractivity contribution in [2.24, 2.45) is 11.7 Å². The molecule has 1 unspecified atom stereocenters. The number of rotatable bonds is 6. The van der Waals surface area contributed by atoms with Gasteiger partial charge in [-0.05, 0) is 36.6 Å². The van der Waals surface area contributed by atoms with Gasteiger partial charge in [-0.1, -0.05) is 13.8 Å². The van der Waals surface area contributed by atoms with Gasteiger partial charge in [-0.15, -0.1) is 12.4 Å². The van der Waals surface area contributed by atoms with Crippen molar-refractivity contribution in [2.75, 3.05) is 13.6 Å². The molecule has 0 saturated carbocycles. The molecule has 0 amide bonds. The largest absolute Gasteiger partial charge is 0.327 e. The molecule has 116 valence electrons. The summed E-state index contributed by atoms with van der Waals surface area (Å²) in [6, 6.07) is 4.78. The summed E-state index contributed by atoms with van der Waals surface area (Å²) < 4.78 is 38.4. The predicted molar refractivity (Wildman–Crippen MR) is 80.9 cm³/mol. The number of nitrogens with zero attached hydrogens (tertiary/aromatic N) is 1. The lowest BCUT2D eigenvalue weighted by atomic mass is 10.0. The topological polar surface area (TPSA) is 63.4 Å². The molecule has 1 rings (SSSR count). The SMILES string of the molecule is CC(C)C(N)CCN(C)S(=O)(=O)c1ccc(F)cc1.Cl. The van der Waals surface area contributed by atoms with E-state index in [1.54, 1.807) is 0 Å². The molecule has 1 aromatic rings. The van der Waals surface area contributed by atoms with Gasteiger partial charge in [-0.3, -0.25) is 0 Å². The molecule has 7 heteroatoms. The quantitative estimate of drug-likeness (QED) is 0.873. The number of hydrogen-bond acceptors (Lipinski definition) is 3. The zero-order valence-electron chi connectivity index (χ0n) is 11.9. The molecule has 4 nitrogen and oxygen atoms in total. The summed E-state index contributed by atoms with van der Waals surface area (Å²) in [6.07, 6.45) is 0.592. The highest BCUT2D eigenvalue weighted by molar-refractivity contribution is 7.89. The first-order chi connectivity index (χ1) is 8.75. The van der Waals surface area contributed by atoms with Crippen LogP contribution in [0, 0.1) is 11.7 Å². The van der Waals surface area contributed by atoms with Crippen LogP contribution < -0.4 is 5.73 Å². The molecule has 0 aromatic heterocycles. The fraction of sp³-hybridized carbons (Fsp3) is 0.538. The van der Waals surface area contributed by atoms with Gasteiger partial charge in [0.1, 0.15) is 5.82 Å². The number of sulfonamides is 1. The molecule has 0 aliphatic carbocycles. The van der Waals surface area contributed by atoms with E-state index >= 15 is 0 Å². The minimum absolute atomic E-state index is 0. The summed E-state index contributed by atoms with van der Waals surface area (Å²) >= 11 is 0. The highest BCUT2D eigenvalue weighted by atomic mass is 35.5. The van der Waals surface area contributed by atoms with E-state index in [1.165, 1.54) is 23.5 Å². The van der Waals surface area contributed by atoms with E-state index in [9.17, 15) is 12.8 Å². The Bertz CT molecular complexity index is 506. The highest BCUT2D eigenvalue weighted by Crippen LogP contribution is 2.15. The molecule has 0 aliphatic heterocycles. The molecule has 0 saturated heterocycles. The third kappa shape index (κ3) is 5.01. The van der Waals surface area contributed by atoms with Crippen molar-refractivity contribution >= 4 is 22.4 Å². The molecule has 1 atom stereocenters. The van der Waals surface area contributed by atoms with Gasteiger partial charge >= 0.3 is 0 Å². The van der Waals surface area contributed by atoms with Gasteiger partial charge in [0.25, 0.3) is 0 Å². The van der Waals surface area contributed by atoms with E-state index < -0.39 is 15.8 Å². The van der Waals surface area contributed by atoms with Crippen LogP contribution in [0.25, 0.3) is 0 Å². The first-order valence-electron chi connectivity index (χ1n) is 6.22. The number of halogens is 2. The van der Waals surface area contributed by atoms with Gasteiger partial charge < -0.3 is 5.73 Å². The molecule has 0 bridgehead atoms. The van der Waals surface area contributed by atoms with Crippen molar-refractivity contribution < 1.29 is 12.8 Å². The Morgan fingerprint density at radius 1 is 1.25 bits per heavy atom. The van der Waals surface area contributed by atoms with Crippen LogP contribution in [0.3, 0.4) is 0 Å². The zero-order chi connectivity index (χ0) is 14.6. The van der Waals surface area contributed by atoms with Crippen LogP contribution in [0.1, 0.15) is 20.3 Å². The van der Waals surface area contributed by atoms with Gasteiger partial charge in [0.2, 0.25) is 10.0 Å². The van der Waals surface area contributed by atoms with Crippen LogP contribution in [-0.2, 0) is 10.0 Å². The van der Waals surface area contributed by atoms with E-state index in [0.29, 0.717) is 18.9 Å². The molecule has 20 heavy (non-hydrogen) atoms. The Morgan fingerprint density at radius 2 is 1.75 bits per heavy atom. The smallest absolute Gasteiger partial charge is 0.242 e. The normalized spacial score (nSPS) is 13.3. The zero-order valence-corrected chi connectivity index (χ0v) is 13.5. The minimum Gasteiger partial charge on any atom is -0.327 e. The minimum atomic E-state index is -3.57. The van der Waals surface area contributed by atoms with Crippen molar-refractivity contribution in [1.29, 1.82) is 0 Å².